The maximum atomic E-state index is 13.6. The standard InChI is InChI=1S/C17H16BrFN2O2/c1-11(21-17(23)12-5-3-2-4-6-12)16(22)20-10-13-9-14(18)7-8-15(13)19/h2-9,11H,10H2,1H3,(H,20,22)(H,21,23). The molecule has 6 heteroatoms. The fraction of sp³-hybridized carbons (Fsp3) is 0.176. The first-order valence-corrected chi connectivity index (χ1v) is 7.84. The summed E-state index contributed by atoms with van der Waals surface area (Å²) in [6.45, 7) is 1.63. The van der Waals surface area contributed by atoms with E-state index in [1.54, 1.807) is 49.4 Å². The first-order valence-electron chi connectivity index (χ1n) is 7.05. The molecule has 1 atom stereocenters. The third-order valence-corrected chi connectivity index (χ3v) is 3.73. The second kappa shape index (κ2) is 7.87. The Hall–Kier alpha value is -2.21. The number of rotatable bonds is 5. The summed E-state index contributed by atoms with van der Waals surface area (Å²) in [4.78, 5) is 24.0. The fourth-order valence-corrected chi connectivity index (χ4v) is 2.36. The van der Waals surface area contributed by atoms with Gasteiger partial charge in [-0.2, -0.15) is 0 Å². The molecule has 0 aliphatic rings. The minimum absolute atomic E-state index is 0.0512. The predicted octanol–water partition coefficient (Wildman–Crippen LogP) is 3.02. The Morgan fingerprint density at radius 1 is 1.17 bits per heavy atom. The van der Waals surface area contributed by atoms with Crippen molar-refractivity contribution in [1.29, 1.82) is 0 Å². The maximum Gasteiger partial charge on any atom is 0.251 e. The van der Waals surface area contributed by atoms with E-state index >= 15 is 0 Å². The molecule has 2 aromatic rings. The molecule has 1 unspecified atom stereocenters. The molecular weight excluding hydrogens is 363 g/mol. The smallest absolute Gasteiger partial charge is 0.251 e. The highest BCUT2D eigenvalue weighted by Gasteiger charge is 2.16. The van der Waals surface area contributed by atoms with E-state index in [4.69, 9.17) is 0 Å². The molecule has 0 aliphatic heterocycles. The van der Waals surface area contributed by atoms with Gasteiger partial charge in [0.05, 0.1) is 0 Å². The number of carbonyl (C=O) groups is 2. The van der Waals surface area contributed by atoms with E-state index in [9.17, 15) is 14.0 Å². The number of nitrogens with one attached hydrogen (secondary N) is 2. The van der Waals surface area contributed by atoms with Gasteiger partial charge in [-0.1, -0.05) is 34.1 Å². The summed E-state index contributed by atoms with van der Waals surface area (Å²) in [5.41, 5.74) is 0.847. The van der Waals surface area contributed by atoms with Crippen molar-refractivity contribution in [3.63, 3.8) is 0 Å². The van der Waals surface area contributed by atoms with Crippen molar-refractivity contribution in [2.45, 2.75) is 19.5 Å². The second-order valence-electron chi connectivity index (χ2n) is 5.01. The molecule has 0 bridgehead atoms. The lowest BCUT2D eigenvalue weighted by Gasteiger charge is -2.14. The van der Waals surface area contributed by atoms with Crippen LogP contribution in [0.1, 0.15) is 22.8 Å². The van der Waals surface area contributed by atoms with Crippen molar-refractivity contribution in [3.8, 4) is 0 Å². The largest absolute Gasteiger partial charge is 0.350 e. The molecule has 4 nitrogen and oxygen atoms in total. The summed E-state index contributed by atoms with van der Waals surface area (Å²) in [5.74, 6) is -1.11. The Morgan fingerprint density at radius 3 is 2.57 bits per heavy atom. The summed E-state index contributed by atoms with van der Waals surface area (Å²) in [6, 6.07) is 12.4. The molecule has 0 saturated carbocycles. The van der Waals surface area contributed by atoms with Crippen LogP contribution in [0.2, 0.25) is 0 Å². The molecule has 0 radical (unpaired) electrons. The topological polar surface area (TPSA) is 58.2 Å². The van der Waals surface area contributed by atoms with E-state index in [0.717, 1.165) is 4.47 Å². The zero-order chi connectivity index (χ0) is 16.8. The monoisotopic (exact) mass is 378 g/mol. The van der Waals surface area contributed by atoms with Gasteiger partial charge in [0.1, 0.15) is 11.9 Å². The Labute approximate surface area is 142 Å². The van der Waals surface area contributed by atoms with E-state index in [2.05, 4.69) is 26.6 Å². The van der Waals surface area contributed by atoms with Crippen molar-refractivity contribution < 1.29 is 14.0 Å². The molecule has 2 aromatic carbocycles. The highest BCUT2D eigenvalue weighted by atomic mass is 79.9. The Bertz CT molecular complexity index is 707. The van der Waals surface area contributed by atoms with Gasteiger partial charge < -0.3 is 10.6 Å². The number of benzene rings is 2. The van der Waals surface area contributed by atoms with Crippen LogP contribution in [0.4, 0.5) is 4.39 Å². The number of hydrogen-bond donors (Lipinski definition) is 2. The van der Waals surface area contributed by atoms with Gasteiger partial charge in [-0.15, -0.1) is 0 Å². The summed E-state index contributed by atoms with van der Waals surface area (Å²) < 4.78 is 14.3. The minimum Gasteiger partial charge on any atom is -0.350 e. The zero-order valence-electron chi connectivity index (χ0n) is 12.5. The van der Waals surface area contributed by atoms with Crippen LogP contribution in [0.3, 0.4) is 0 Å². The molecule has 0 saturated heterocycles. The first-order chi connectivity index (χ1) is 11.0. The molecule has 2 N–H and O–H groups in total. The van der Waals surface area contributed by atoms with Gasteiger partial charge in [0, 0.05) is 22.1 Å². The number of amides is 2. The Kier molecular flexibility index (Phi) is 5.87. The van der Waals surface area contributed by atoms with Crippen molar-refractivity contribution in [2.75, 3.05) is 0 Å². The normalized spacial score (nSPS) is 11.6. The summed E-state index contributed by atoms with van der Waals surface area (Å²) >= 11 is 3.25. The molecule has 120 valence electrons. The number of hydrogen-bond acceptors (Lipinski definition) is 2. The lowest BCUT2D eigenvalue weighted by atomic mass is 10.2. The molecule has 2 rings (SSSR count). The lowest BCUT2D eigenvalue weighted by molar-refractivity contribution is -0.122. The van der Waals surface area contributed by atoms with Crippen molar-refractivity contribution in [2.24, 2.45) is 0 Å². The fourth-order valence-electron chi connectivity index (χ4n) is 1.95. The predicted molar refractivity (Wildman–Crippen MR) is 89.3 cm³/mol. The van der Waals surface area contributed by atoms with Crippen LogP contribution in [0.15, 0.2) is 53.0 Å². The highest BCUT2D eigenvalue weighted by molar-refractivity contribution is 9.10. The first kappa shape index (κ1) is 17.1. The molecule has 0 heterocycles. The van der Waals surface area contributed by atoms with E-state index in [0.29, 0.717) is 11.1 Å². The summed E-state index contributed by atoms with van der Waals surface area (Å²) in [7, 11) is 0. The quantitative estimate of drug-likeness (QED) is 0.839. The van der Waals surface area contributed by atoms with Gasteiger partial charge >= 0.3 is 0 Å². The molecule has 0 aromatic heterocycles. The van der Waals surface area contributed by atoms with Crippen LogP contribution < -0.4 is 10.6 Å². The molecule has 0 spiro atoms. The number of halogens is 2. The Balaban J connectivity index is 1.90. The van der Waals surface area contributed by atoms with Crippen LogP contribution >= 0.6 is 15.9 Å². The average Bonchev–Trinajstić information content (AvgIpc) is 2.56. The van der Waals surface area contributed by atoms with Gasteiger partial charge in [-0.05, 0) is 37.3 Å². The highest BCUT2D eigenvalue weighted by Crippen LogP contribution is 2.15. The van der Waals surface area contributed by atoms with Gasteiger partial charge in [-0.3, -0.25) is 9.59 Å². The summed E-state index contributed by atoms with van der Waals surface area (Å²) in [5, 5.41) is 5.21. The summed E-state index contributed by atoms with van der Waals surface area (Å²) in [6.07, 6.45) is 0. The van der Waals surface area contributed by atoms with E-state index in [-0.39, 0.29) is 18.4 Å². The molecule has 0 aliphatic carbocycles. The van der Waals surface area contributed by atoms with Crippen LogP contribution in [-0.4, -0.2) is 17.9 Å². The molecular formula is C17H16BrFN2O2. The van der Waals surface area contributed by atoms with Gasteiger partial charge in [0.15, 0.2) is 0 Å². The third-order valence-electron chi connectivity index (χ3n) is 3.24. The van der Waals surface area contributed by atoms with Crippen molar-refractivity contribution in [3.05, 3.63) is 69.9 Å². The van der Waals surface area contributed by atoms with Gasteiger partial charge in [-0.25, -0.2) is 4.39 Å². The van der Waals surface area contributed by atoms with Crippen LogP contribution in [0.5, 0.6) is 0 Å². The van der Waals surface area contributed by atoms with Gasteiger partial charge in [0.2, 0.25) is 5.91 Å². The molecule has 23 heavy (non-hydrogen) atoms. The van der Waals surface area contributed by atoms with Crippen molar-refractivity contribution >= 4 is 27.7 Å². The SMILES string of the molecule is CC(NC(=O)c1ccccc1)C(=O)NCc1cc(Br)ccc1F. The zero-order valence-corrected chi connectivity index (χ0v) is 14.1. The van der Waals surface area contributed by atoms with E-state index in [1.165, 1.54) is 6.07 Å². The maximum absolute atomic E-state index is 13.6. The Morgan fingerprint density at radius 2 is 1.87 bits per heavy atom. The lowest BCUT2D eigenvalue weighted by Crippen LogP contribution is -2.44. The van der Waals surface area contributed by atoms with Crippen molar-refractivity contribution in [1.82, 2.24) is 10.6 Å². The second-order valence-corrected chi connectivity index (χ2v) is 5.93. The van der Waals surface area contributed by atoms with Gasteiger partial charge in [0.25, 0.3) is 5.91 Å². The van der Waals surface area contributed by atoms with Crippen LogP contribution in [-0.2, 0) is 11.3 Å². The molecule has 2 amide bonds. The third kappa shape index (κ3) is 4.89. The molecule has 0 fully saturated rings. The van der Waals surface area contributed by atoms with E-state index < -0.39 is 11.9 Å². The van der Waals surface area contributed by atoms with Crippen LogP contribution in [0, 0.1) is 5.82 Å². The average molecular weight is 379 g/mol. The minimum atomic E-state index is -0.724. The van der Waals surface area contributed by atoms with Crippen LogP contribution in [0.25, 0.3) is 0 Å². The van der Waals surface area contributed by atoms with E-state index in [1.807, 2.05) is 0 Å². The number of carbonyl (C=O) groups excluding carboxylic acids is 2.